The minimum atomic E-state index is 0.250. The Morgan fingerprint density at radius 1 is 0.889 bits per heavy atom. The predicted octanol–water partition coefficient (Wildman–Crippen LogP) is -1.28. The lowest BCUT2D eigenvalue weighted by molar-refractivity contribution is 0.318. The number of nitrogens with two attached hydrogens (primary N) is 3. The number of rotatable bonds is 0. The molecule has 0 spiro atoms. The van der Waals surface area contributed by atoms with Gasteiger partial charge in [-0.05, 0) is 28.1 Å². The quantitative estimate of drug-likeness (QED) is 0.336. The van der Waals surface area contributed by atoms with Crippen LogP contribution in [-0.4, -0.2) is 32.9 Å². The van der Waals surface area contributed by atoms with Crippen LogP contribution in [0, 0.1) is 0 Å². The zero-order valence-corrected chi connectivity index (χ0v) is 6.89. The molecule has 7 N–H and O–H groups in total. The molecule has 0 bridgehead atoms. The van der Waals surface area contributed by atoms with Crippen molar-refractivity contribution in [3.63, 3.8) is 0 Å². The molecule has 4 heteroatoms. The van der Waals surface area contributed by atoms with Crippen LogP contribution in [-0.2, 0) is 0 Å². The number of aliphatic hydroxyl groups excluding tert-OH is 1. The average molecular weight is 139 g/mol. The molecule has 0 heterocycles. The molecule has 0 fully saturated rings. The molecule has 9 heavy (non-hydrogen) atoms. The van der Waals surface area contributed by atoms with Gasteiger partial charge in [0.2, 0.25) is 0 Å². The molecule has 0 saturated heterocycles. The van der Waals surface area contributed by atoms with Gasteiger partial charge in [0.1, 0.15) is 0 Å². The maximum Gasteiger partial charge on any atom is 0.0402 e. The third-order valence-electron chi connectivity index (χ3n) is 0. The van der Waals surface area contributed by atoms with Crippen LogP contribution in [0.4, 0.5) is 0 Å². The van der Waals surface area contributed by atoms with Crippen molar-refractivity contribution in [1.29, 1.82) is 0 Å². The summed E-state index contributed by atoms with van der Waals surface area (Å²) >= 11 is 0. The van der Waals surface area contributed by atoms with E-state index in [-0.39, 0.29) is 6.61 Å². The van der Waals surface area contributed by atoms with Crippen molar-refractivity contribution < 1.29 is 5.11 Å². The second kappa shape index (κ2) is 520. The number of aliphatic hydroxyl groups is 1. The topological polar surface area (TPSA) is 98.3 Å². The fourth-order valence-corrected chi connectivity index (χ4v) is 0. The van der Waals surface area contributed by atoms with Gasteiger partial charge in [0, 0.05) is 6.61 Å². The van der Waals surface area contributed by atoms with Crippen molar-refractivity contribution in [1.82, 2.24) is 0 Å². The summed E-state index contributed by atoms with van der Waals surface area (Å²) in [5.74, 6) is 0. The molecule has 0 aromatic rings. The normalized spacial score (nSPS) is 4.00. The van der Waals surface area contributed by atoms with Gasteiger partial charge < -0.3 is 22.3 Å². The summed E-state index contributed by atoms with van der Waals surface area (Å²) in [6.45, 7) is 1.93. The number of hydrogen-bond acceptors (Lipinski definition) is 4. The fraction of sp³-hybridized carbons (Fsp3) is 1.00. The van der Waals surface area contributed by atoms with E-state index >= 15 is 0 Å². The van der Waals surface area contributed by atoms with Crippen molar-refractivity contribution in [2.24, 2.45) is 17.2 Å². The van der Waals surface area contributed by atoms with Gasteiger partial charge in [-0.15, -0.1) is 0 Å². The summed E-state index contributed by atoms with van der Waals surface area (Å²) in [7, 11) is 4.50. The molecule has 0 aliphatic heterocycles. The lowest BCUT2D eigenvalue weighted by Crippen LogP contribution is -1.69. The Hall–Kier alpha value is -0.160. The van der Waals surface area contributed by atoms with Crippen LogP contribution in [0.2, 0.25) is 0 Å². The van der Waals surface area contributed by atoms with Crippen molar-refractivity contribution in [3.8, 4) is 0 Å². The average Bonchev–Trinajstić information content (AvgIpc) is 2.01. The second-order valence-corrected chi connectivity index (χ2v) is 0.316. The highest BCUT2D eigenvalue weighted by molar-refractivity contribution is 3.84. The van der Waals surface area contributed by atoms with Crippen LogP contribution < -0.4 is 17.2 Å². The Morgan fingerprint density at radius 3 is 0.889 bits per heavy atom. The largest absolute Gasteiger partial charge is 0.397 e. The van der Waals surface area contributed by atoms with Crippen LogP contribution in [0.1, 0.15) is 6.92 Å². The molecule has 62 valence electrons. The summed E-state index contributed by atoms with van der Waals surface area (Å²) in [5.41, 5.74) is 13.5. The first-order valence-corrected chi connectivity index (χ1v) is 2.76. The van der Waals surface area contributed by atoms with E-state index in [2.05, 4.69) is 17.2 Å². The maximum atomic E-state index is 7.57. The molecular weight excluding hydrogens is 118 g/mol. The summed E-state index contributed by atoms with van der Waals surface area (Å²) in [5, 5.41) is 7.57. The Labute approximate surface area is 58.0 Å². The summed E-state index contributed by atoms with van der Waals surface area (Å²) in [6, 6.07) is 0. The third-order valence-corrected chi connectivity index (χ3v) is 0. The van der Waals surface area contributed by atoms with Crippen molar-refractivity contribution in [3.05, 3.63) is 0 Å². The smallest absolute Gasteiger partial charge is 0.0402 e. The Balaban J connectivity index is -0.0000000190. The Morgan fingerprint density at radius 2 is 0.889 bits per heavy atom. The Bertz CT molecular complexity index is 12.2. The van der Waals surface area contributed by atoms with Crippen LogP contribution in [0.25, 0.3) is 0 Å². The molecule has 0 rings (SSSR count). The Kier molecular flexibility index (Phi) is 1340. The van der Waals surface area contributed by atoms with Crippen LogP contribution >= 0.6 is 0 Å². The standard InChI is InChI=1S/C2H6O.3CH5N/c1-2-3;3*1-2/h3H,2H2,1H3;3*2H2,1H3. The highest BCUT2D eigenvalue weighted by Gasteiger charge is 1.34. The van der Waals surface area contributed by atoms with Gasteiger partial charge in [-0.2, -0.15) is 0 Å². The first kappa shape index (κ1) is 23.2. The fourth-order valence-electron chi connectivity index (χ4n) is 0. The minimum absolute atomic E-state index is 0.250. The highest BCUT2D eigenvalue weighted by atomic mass is 16.2. The molecule has 0 radical (unpaired) electrons. The molecule has 0 amide bonds. The number of hydrogen-bond donors (Lipinski definition) is 4. The maximum absolute atomic E-state index is 7.57. The summed E-state index contributed by atoms with van der Waals surface area (Å²) in [6.07, 6.45) is 0. The van der Waals surface area contributed by atoms with Crippen molar-refractivity contribution in [2.45, 2.75) is 6.92 Å². The van der Waals surface area contributed by atoms with E-state index in [1.165, 1.54) is 21.1 Å². The monoisotopic (exact) mass is 139 g/mol. The summed E-state index contributed by atoms with van der Waals surface area (Å²) in [4.78, 5) is 0. The van der Waals surface area contributed by atoms with Gasteiger partial charge in [0.25, 0.3) is 0 Å². The van der Waals surface area contributed by atoms with Gasteiger partial charge in [-0.3, -0.25) is 0 Å². The lowest BCUT2D eigenvalue weighted by Gasteiger charge is -1.52. The van der Waals surface area contributed by atoms with E-state index in [4.69, 9.17) is 5.11 Å². The third kappa shape index (κ3) is 10400. The van der Waals surface area contributed by atoms with Gasteiger partial charge in [0.15, 0.2) is 0 Å². The van der Waals surface area contributed by atoms with E-state index in [9.17, 15) is 0 Å². The van der Waals surface area contributed by atoms with Crippen molar-refractivity contribution >= 4 is 0 Å². The zero-order valence-electron chi connectivity index (χ0n) is 6.89. The molecule has 4 nitrogen and oxygen atoms in total. The van der Waals surface area contributed by atoms with Crippen LogP contribution in [0.3, 0.4) is 0 Å². The molecule has 0 aromatic heterocycles. The molecule has 0 saturated carbocycles. The van der Waals surface area contributed by atoms with E-state index in [1.54, 1.807) is 6.92 Å². The van der Waals surface area contributed by atoms with Crippen LogP contribution in [0.15, 0.2) is 0 Å². The second-order valence-electron chi connectivity index (χ2n) is 0.316. The zero-order chi connectivity index (χ0) is 8.71. The molecule has 0 aliphatic carbocycles. The molecule has 0 unspecified atom stereocenters. The molecule has 0 aromatic carbocycles. The highest BCUT2D eigenvalue weighted by Crippen LogP contribution is 1.30. The lowest BCUT2D eigenvalue weighted by atomic mass is 10.9. The predicted molar refractivity (Wildman–Crippen MR) is 43.1 cm³/mol. The van der Waals surface area contributed by atoms with E-state index in [0.717, 1.165) is 0 Å². The molecular formula is C5H21N3O. The van der Waals surface area contributed by atoms with Gasteiger partial charge in [-0.25, -0.2) is 0 Å². The minimum Gasteiger partial charge on any atom is -0.397 e. The first-order valence-electron chi connectivity index (χ1n) is 2.76. The summed E-state index contributed by atoms with van der Waals surface area (Å²) < 4.78 is 0. The first-order chi connectivity index (χ1) is 4.41. The van der Waals surface area contributed by atoms with Gasteiger partial charge in [0.05, 0.1) is 0 Å². The van der Waals surface area contributed by atoms with Crippen molar-refractivity contribution in [2.75, 3.05) is 27.7 Å². The van der Waals surface area contributed by atoms with Gasteiger partial charge >= 0.3 is 0 Å². The van der Waals surface area contributed by atoms with E-state index in [0.29, 0.717) is 0 Å². The van der Waals surface area contributed by atoms with Gasteiger partial charge in [-0.1, -0.05) is 0 Å². The SMILES string of the molecule is CCO.CN.CN.CN. The molecule has 0 atom stereocenters. The van der Waals surface area contributed by atoms with E-state index < -0.39 is 0 Å². The molecule has 0 aliphatic rings. The van der Waals surface area contributed by atoms with E-state index in [1.807, 2.05) is 0 Å². The van der Waals surface area contributed by atoms with Crippen LogP contribution in [0.5, 0.6) is 0 Å².